The number of benzene rings is 3. The fourth-order valence-corrected chi connectivity index (χ4v) is 4.06. The van der Waals surface area contributed by atoms with Crippen molar-refractivity contribution >= 4 is 23.4 Å². The van der Waals surface area contributed by atoms with E-state index in [4.69, 9.17) is 14.2 Å². The van der Waals surface area contributed by atoms with Gasteiger partial charge < -0.3 is 19.1 Å². The molecule has 2 heterocycles. The summed E-state index contributed by atoms with van der Waals surface area (Å²) < 4.78 is 16.5. The van der Waals surface area contributed by atoms with Gasteiger partial charge in [-0.2, -0.15) is 0 Å². The van der Waals surface area contributed by atoms with Crippen LogP contribution < -0.4 is 19.1 Å². The summed E-state index contributed by atoms with van der Waals surface area (Å²) in [7, 11) is 0. The molecule has 0 aliphatic carbocycles. The Bertz CT molecular complexity index is 1210. The molecule has 0 bridgehead atoms. The van der Waals surface area contributed by atoms with Crippen LogP contribution in [0.25, 0.3) is 0 Å². The molecule has 3 amide bonds. The van der Waals surface area contributed by atoms with Crippen LogP contribution in [0.1, 0.15) is 12.0 Å². The zero-order valence-electron chi connectivity index (χ0n) is 18.3. The molecule has 3 aromatic rings. The van der Waals surface area contributed by atoms with Crippen LogP contribution in [0.15, 0.2) is 78.9 Å². The molecular formula is C26H22N2O6. The summed E-state index contributed by atoms with van der Waals surface area (Å²) in [6.07, 6.45) is -0.102. The molecule has 2 aliphatic rings. The molecular weight excluding hydrogens is 436 g/mol. The summed E-state index contributed by atoms with van der Waals surface area (Å²) in [5.41, 5.74) is 1.23. The van der Waals surface area contributed by atoms with Gasteiger partial charge in [0.1, 0.15) is 11.8 Å². The van der Waals surface area contributed by atoms with Crippen molar-refractivity contribution in [1.82, 2.24) is 4.90 Å². The van der Waals surface area contributed by atoms with Crippen molar-refractivity contribution in [2.75, 3.05) is 18.3 Å². The SMILES string of the molecule is O=C1CC(N(Cc2ccc3c(c2)OCO3)C(=O)COc2ccccc2)C(=O)N1c1ccccc1. The number of nitrogens with zero attached hydrogens (tertiary/aromatic N) is 2. The third kappa shape index (κ3) is 4.30. The van der Waals surface area contributed by atoms with Crippen molar-refractivity contribution in [3.63, 3.8) is 0 Å². The molecule has 34 heavy (non-hydrogen) atoms. The predicted octanol–water partition coefficient (Wildman–Crippen LogP) is 3.16. The van der Waals surface area contributed by atoms with E-state index in [-0.39, 0.29) is 32.3 Å². The quantitative estimate of drug-likeness (QED) is 0.506. The molecule has 172 valence electrons. The second-order valence-corrected chi connectivity index (χ2v) is 7.93. The highest BCUT2D eigenvalue weighted by Crippen LogP contribution is 2.34. The molecule has 0 radical (unpaired) electrons. The highest BCUT2D eigenvalue weighted by molar-refractivity contribution is 6.23. The molecule has 8 nitrogen and oxygen atoms in total. The van der Waals surface area contributed by atoms with Crippen LogP contribution in [-0.2, 0) is 20.9 Å². The number of hydrogen-bond donors (Lipinski definition) is 0. The van der Waals surface area contributed by atoms with Crippen molar-refractivity contribution in [1.29, 1.82) is 0 Å². The Morgan fingerprint density at radius 3 is 2.41 bits per heavy atom. The number of fused-ring (bicyclic) bond motifs is 1. The van der Waals surface area contributed by atoms with Gasteiger partial charge in [0.2, 0.25) is 12.7 Å². The molecule has 8 heteroatoms. The third-order valence-corrected chi connectivity index (χ3v) is 5.73. The Hall–Kier alpha value is -4.33. The average Bonchev–Trinajstić information content (AvgIpc) is 3.45. The largest absolute Gasteiger partial charge is 0.484 e. The Kier molecular flexibility index (Phi) is 5.86. The summed E-state index contributed by atoms with van der Waals surface area (Å²) in [5, 5.41) is 0. The molecule has 0 saturated carbocycles. The van der Waals surface area contributed by atoms with E-state index in [0.717, 1.165) is 10.5 Å². The summed E-state index contributed by atoms with van der Waals surface area (Å²) in [5.74, 6) is 0.543. The van der Waals surface area contributed by atoms with Crippen LogP contribution in [0.2, 0.25) is 0 Å². The minimum Gasteiger partial charge on any atom is -0.484 e. The molecule has 1 unspecified atom stereocenters. The number of anilines is 1. The van der Waals surface area contributed by atoms with Crippen LogP contribution in [0.4, 0.5) is 5.69 Å². The van der Waals surface area contributed by atoms with Crippen LogP contribution in [-0.4, -0.2) is 42.1 Å². The number of ether oxygens (including phenoxy) is 3. The van der Waals surface area contributed by atoms with Gasteiger partial charge >= 0.3 is 0 Å². The normalized spacial score (nSPS) is 16.6. The van der Waals surface area contributed by atoms with Crippen molar-refractivity contribution in [2.45, 2.75) is 19.0 Å². The Balaban J connectivity index is 1.40. The molecule has 0 aromatic heterocycles. The molecule has 0 N–H and O–H groups in total. The topological polar surface area (TPSA) is 85.4 Å². The van der Waals surface area contributed by atoms with Gasteiger partial charge in [-0.05, 0) is 42.0 Å². The van der Waals surface area contributed by atoms with Gasteiger partial charge in [0.25, 0.3) is 11.8 Å². The van der Waals surface area contributed by atoms with E-state index in [2.05, 4.69) is 0 Å². The van der Waals surface area contributed by atoms with Gasteiger partial charge in [-0.1, -0.05) is 42.5 Å². The molecule has 5 rings (SSSR count). The van der Waals surface area contributed by atoms with Crippen molar-refractivity contribution in [3.05, 3.63) is 84.4 Å². The van der Waals surface area contributed by atoms with E-state index >= 15 is 0 Å². The Labute approximate surface area is 196 Å². The summed E-state index contributed by atoms with van der Waals surface area (Å²) in [6, 6.07) is 22.1. The third-order valence-electron chi connectivity index (χ3n) is 5.73. The lowest BCUT2D eigenvalue weighted by molar-refractivity contribution is -0.140. The van der Waals surface area contributed by atoms with Gasteiger partial charge in [-0.15, -0.1) is 0 Å². The standard InChI is InChI=1S/C26H22N2O6/c29-24-14-21(26(31)28(24)19-7-3-1-4-8-19)27(25(30)16-32-20-9-5-2-6-10-20)15-18-11-12-22-23(13-18)34-17-33-22/h1-13,21H,14-17H2. The zero-order chi connectivity index (χ0) is 23.5. The van der Waals surface area contributed by atoms with E-state index in [1.54, 1.807) is 60.7 Å². The van der Waals surface area contributed by atoms with E-state index in [1.807, 2.05) is 18.2 Å². The first kappa shape index (κ1) is 21.5. The minimum atomic E-state index is -0.940. The second kappa shape index (κ2) is 9.27. The van der Waals surface area contributed by atoms with Crippen LogP contribution in [0.3, 0.4) is 0 Å². The molecule has 1 atom stereocenters. The maximum atomic E-state index is 13.3. The number of para-hydroxylation sites is 2. The van der Waals surface area contributed by atoms with Gasteiger partial charge in [-0.3, -0.25) is 14.4 Å². The van der Waals surface area contributed by atoms with Crippen LogP contribution in [0, 0.1) is 0 Å². The average molecular weight is 458 g/mol. The Morgan fingerprint density at radius 1 is 0.941 bits per heavy atom. The number of imide groups is 1. The number of carbonyl (C=O) groups is 3. The minimum absolute atomic E-state index is 0.102. The maximum absolute atomic E-state index is 13.3. The second-order valence-electron chi connectivity index (χ2n) is 7.93. The molecule has 2 aliphatic heterocycles. The first-order valence-corrected chi connectivity index (χ1v) is 10.9. The fraction of sp³-hybridized carbons (Fsp3) is 0.192. The smallest absolute Gasteiger partial charge is 0.261 e. The molecule has 0 spiro atoms. The monoisotopic (exact) mass is 458 g/mol. The summed E-state index contributed by atoms with van der Waals surface area (Å²) in [4.78, 5) is 42.0. The Morgan fingerprint density at radius 2 is 1.65 bits per heavy atom. The maximum Gasteiger partial charge on any atom is 0.261 e. The van der Waals surface area contributed by atoms with Crippen molar-refractivity contribution in [2.24, 2.45) is 0 Å². The molecule has 1 saturated heterocycles. The van der Waals surface area contributed by atoms with Crippen molar-refractivity contribution < 1.29 is 28.6 Å². The first-order valence-electron chi connectivity index (χ1n) is 10.9. The number of hydrogen-bond acceptors (Lipinski definition) is 6. The van der Waals surface area contributed by atoms with Gasteiger partial charge in [-0.25, -0.2) is 4.90 Å². The van der Waals surface area contributed by atoms with Crippen LogP contribution >= 0.6 is 0 Å². The van der Waals surface area contributed by atoms with Gasteiger partial charge in [0.05, 0.1) is 12.1 Å². The van der Waals surface area contributed by atoms with E-state index in [0.29, 0.717) is 22.9 Å². The van der Waals surface area contributed by atoms with Gasteiger partial charge in [0.15, 0.2) is 18.1 Å². The molecule has 3 aromatic carbocycles. The lowest BCUT2D eigenvalue weighted by Gasteiger charge is -2.28. The summed E-state index contributed by atoms with van der Waals surface area (Å²) in [6.45, 7) is -0.0220. The number of amides is 3. The van der Waals surface area contributed by atoms with Crippen LogP contribution in [0.5, 0.6) is 17.2 Å². The lowest BCUT2D eigenvalue weighted by atomic mass is 10.1. The molecule has 1 fully saturated rings. The zero-order valence-corrected chi connectivity index (χ0v) is 18.3. The van der Waals surface area contributed by atoms with E-state index in [1.165, 1.54) is 4.90 Å². The lowest BCUT2D eigenvalue weighted by Crippen LogP contribution is -2.46. The van der Waals surface area contributed by atoms with E-state index < -0.39 is 17.9 Å². The number of carbonyl (C=O) groups excluding carboxylic acids is 3. The number of rotatable bonds is 7. The highest BCUT2D eigenvalue weighted by atomic mass is 16.7. The predicted molar refractivity (Wildman–Crippen MR) is 122 cm³/mol. The first-order chi connectivity index (χ1) is 16.6. The highest BCUT2D eigenvalue weighted by Gasteiger charge is 2.44. The fourth-order valence-electron chi connectivity index (χ4n) is 4.06. The van der Waals surface area contributed by atoms with E-state index in [9.17, 15) is 14.4 Å². The van der Waals surface area contributed by atoms with Gasteiger partial charge in [0, 0.05) is 6.54 Å². The summed E-state index contributed by atoms with van der Waals surface area (Å²) >= 11 is 0. The van der Waals surface area contributed by atoms with Crippen molar-refractivity contribution in [3.8, 4) is 17.2 Å².